The molecule has 0 radical (unpaired) electrons. The Kier molecular flexibility index (Phi) is 4.40. The van der Waals surface area contributed by atoms with Crippen molar-refractivity contribution in [3.05, 3.63) is 24.0 Å². The third-order valence-corrected chi connectivity index (χ3v) is 3.94. The zero-order chi connectivity index (χ0) is 15.5. The molecule has 2 heterocycles. The number of anilines is 1. The molecule has 1 aliphatic rings. The van der Waals surface area contributed by atoms with E-state index in [2.05, 4.69) is 15.3 Å². The smallest absolute Gasteiger partial charge is 0.241 e. The fraction of sp³-hybridized carbons (Fsp3) is 0.500. The molecular formula is C16H22N4O2. The molecule has 22 heavy (non-hydrogen) atoms. The number of fused-ring (bicyclic) bond motifs is 1. The zero-order valence-electron chi connectivity index (χ0n) is 12.8. The number of aromatic nitrogens is 2. The van der Waals surface area contributed by atoms with Crippen LogP contribution in [0.25, 0.3) is 11.0 Å². The van der Waals surface area contributed by atoms with Crippen molar-refractivity contribution in [2.45, 2.75) is 44.8 Å². The molecule has 3 rings (SSSR count). The number of amides is 1. The number of aromatic amines is 1. The lowest BCUT2D eigenvalue weighted by atomic mass is 10.1. The highest BCUT2D eigenvalue weighted by Gasteiger charge is 2.21. The standard InChI is InChI=1S/C16H22N4O2/c1-2-4-11(17)16(21)18-10-6-7-12-13(9-10)20-15(19-12)14-5-3-8-22-14/h6-7,9,11,14H,2-5,8,17H2,1H3,(H,18,21)(H,19,20). The van der Waals surface area contributed by atoms with Crippen LogP contribution in [0.5, 0.6) is 0 Å². The summed E-state index contributed by atoms with van der Waals surface area (Å²) in [4.78, 5) is 19.8. The van der Waals surface area contributed by atoms with E-state index in [9.17, 15) is 4.79 Å². The van der Waals surface area contributed by atoms with Gasteiger partial charge in [0, 0.05) is 12.3 Å². The summed E-state index contributed by atoms with van der Waals surface area (Å²) in [6.45, 7) is 2.80. The van der Waals surface area contributed by atoms with Crippen molar-refractivity contribution in [1.82, 2.24) is 9.97 Å². The van der Waals surface area contributed by atoms with Gasteiger partial charge in [-0.15, -0.1) is 0 Å². The number of nitrogens with two attached hydrogens (primary N) is 1. The molecule has 0 aliphatic carbocycles. The molecule has 2 atom stereocenters. The van der Waals surface area contributed by atoms with Gasteiger partial charge < -0.3 is 20.8 Å². The topological polar surface area (TPSA) is 93.0 Å². The minimum absolute atomic E-state index is 0.0587. The van der Waals surface area contributed by atoms with E-state index in [4.69, 9.17) is 10.5 Å². The molecule has 0 spiro atoms. The van der Waals surface area contributed by atoms with E-state index in [0.717, 1.165) is 48.4 Å². The van der Waals surface area contributed by atoms with E-state index < -0.39 is 6.04 Å². The molecule has 4 N–H and O–H groups in total. The summed E-state index contributed by atoms with van der Waals surface area (Å²) in [6, 6.07) is 5.16. The Hall–Kier alpha value is -1.92. The van der Waals surface area contributed by atoms with Crippen LogP contribution in [-0.4, -0.2) is 28.5 Å². The number of hydrogen-bond acceptors (Lipinski definition) is 4. The predicted molar refractivity (Wildman–Crippen MR) is 85.5 cm³/mol. The van der Waals surface area contributed by atoms with Gasteiger partial charge >= 0.3 is 0 Å². The van der Waals surface area contributed by atoms with Crippen LogP contribution in [0.3, 0.4) is 0 Å². The van der Waals surface area contributed by atoms with Gasteiger partial charge in [0.25, 0.3) is 0 Å². The molecular weight excluding hydrogens is 280 g/mol. The summed E-state index contributed by atoms with van der Waals surface area (Å²) in [5.41, 5.74) is 8.33. The number of rotatable bonds is 5. The SMILES string of the molecule is CCCC(N)C(=O)Nc1ccc2nc(C3CCCO3)[nH]c2c1. The maximum atomic E-state index is 12.0. The van der Waals surface area contributed by atoms with E-state index in [-0.39, 0.29) is 12.0 Å². The maximum Gasteiger partial charge on any atom is 0.241 e. The number of imidazole rings is 1. The summed E-state index contributed by atoms with van der Waals surface area (Å²) in [7, 11) is 0. The second kappa shape index (κ2) is 6.46. The predicted octanol–water partition coefficient (Wildman–Crippen LogP) is 2.48. The number of hydrogen-bond donors (Lipinski definition) is 3. The average molecular weight is 302 g/mol. The van der Waals surface area contributed by atoms with E-state index in [0.29, 0.717) is 6.42 Å². The van der Waals surface area contributed by atoms with Crippen LogP contribution < -0.4 is 11.1 Å². The largest absolute Gasteiger partial charge is 0.370 e. The number of carbonyl (C=O) groups excluding carboxylic acids is 1. The van der Waals surface area contributed by atoms with Gasteiger partial charge in [0.1, 0.15) is 11.9 Å². The van der Waals surface area contributed by atoms with Crippen LogP contribution in [0.15, 0.2) is 18.2 Å². The van der Waals surface area contributed by atoms with Crippen molar-refractivity contribution in [2.24, 2.45) is 5.73 Å². The van der Waals surface area contributed by atoms with E-state index in [1.54, 1.807) is 0 Å². The van der Waals surface area contributed by atoms with Gasteiger partial charge in [-0.3, -0.25) is 4.79 Å². The van der Waals surface area contributed by atoms with E-state index in [1.165, 1.54) is 0 Å². The van der Waals surface area contributed by atoms with E-state index in [1.807, 2.05) is 25.1 Å². The Balaban J connectivity index is 1.76. The van der Waals surface area contributed by atoms with Crippen molar-refractivity contribution < 1.29 is 9.53 Å². The number of nitrogens with one attached hydrogen (secondary N) is 2. The minimum Gasteiger partial charge on any atom is -0.370 e. The summed E-state index contributed by atoms with van der Waals surface area (Å²) < 4.78 is 5.64. The third-order valence-electron chi connectivity index (χ3n) is 3.94. The number of carbonyl (C=O) groups is 1. The summed E-state index contributed by atoms with van der Waals surface area (Å²) in [6.07, 6.45) is 3.69. The lowest BCUT2D eigenvalue weighted by Crippen LogP contribution is -2.35. The highest BCUT2D eigenvalue weighted by Crippen LogP contribution is 2.28. The molecule has 118 valence electrons. The van der Waals surface area contributed by atoms with Crippen molar-refractivity contribution >= 4 is 22.6 Å². The number of nitrogens with zero attached hydrogens (tertiary/aromatic N) is 1. The van der Waals surface area contributed by atoms with E-state index >= 15 is 0 Å². The van der Waals surface area contributed by atoms with Crippen LogP contribution in [0.1, 0.15) is 44.5 Å². The molecule has 1 saturated heterocycles. The molecule has 1 aliphatic heterocycles. The van der Waals surface area contributed by atoms with Crippen LogP contribution in [0.4, 0.5) is 5.69 Å². The number of H-pyrrole nitrogens is 1. The zero-order valence-corrected chi connectivity index (χ0v) is 12.8. The van der Waals surface area contributed by atoms with Crippen molar-refractivity contribution in [3.8, 4) is 0 Å². The maximum absolute atomic E-state index is 12.0. The molecule has 1 fully saturated rings. The highest BCUT2D eigenvalue weighted by molar-refractivity contribution is 5.96. The van der Waals surface area contributed by atoms with Crippen molar-refractivity contribution in [2.75, 3.05) is 11.9 Å². The normalized spacial score (nSPS) is 19.5. The Labute approximate surface area is 129 Å². The van der Waals surface area contributed by atoms with Gasteiger partial charge in [-0.1, -0.05) is 13.3 Å². The van der Waals surface area contributed by atoms with Crippen molar-refractivity contribution in [3.63, 3.8) is 0 Å². The lowest BCUT2D eigenvalue weighted by molar-refractivity contribution is -0.117. The minimum atomic E-state index is -0.468. The van der Waals surface area contributed by atoms with Crippen LogP contribution in [0, 0.1) is 0 Å². The number of ether oxygens (including phenoxy) is 1. The van der Waals surface area contributed by atoms with Gasteiger partial charge in [0.05, 0.1) is 17.1 Å². The quantitative estimate of drug-likeness (QED) is 0.791. The van der Waals surface area contributed by atoms with Crippen molar-refractivity contribution in [1.29, 1.82) is 0 Å². The van der Waals surface area contributed by atoms with Gasteiger partial charge in [-0.05, 0) is 37.5 Å². The second-order valence-corrected chi connectivity index (χ2v) is 5.74. The van der Waals surface area contributed by atoms with Crippen LogP contribution in [0.2, 0.25) is 0 Å². The monoisotopic (exact) mass is 302 g/mol. The second-order valence-electron chi connectivity index (χ2n) is 5.74. The Morgan fingerprint density at radius 2 is 2.45 bits per heavy atom. The average Bonchev–Trinajstić information content (AvgIpc) is 3.15. The molecule has 1 aromatic carbocycles. The highest BCUT2D eigenvalue weighted by atomic mass is 16.5. The van der Waals surface area contributed by atoms with Crippen LogP contribution >= 0.6 is 0 Å². The fourth-order valence-corrected chi connectivity index (χ4v) is 2.73. The van der Waals surface area contributed by atoms with Gasteiger partial charge in [0.2, 0.25) is 5.91 Å². The van der Waals surface area contributed by atoms with Gasteiger partial charge in [-0.2, -0.15) is 0 Å². The molecule has 2 aromatic rings. The van der Waals surface area contributed by atoms with Gasteiger partial charge in [0.15, 0.2) is 0 Å². The first-order chi connectivity index (χ1) is 10.7. The molecule has 1 aromatic heterocycles. The third kappa shape index (κ3) is 3.13. The van der Waals surface area contributed by atoms with Crippen LogP contribution in [-0.2, 0) is 9.53 Å². The fourth-order valence-electron chi connectivity index (χ4n) is 2.73. The van der Waals surface area contributed by atoms with Gasteiger partial charge in [-0.25, -0.2) is 4.98 Å². The first-order valence-corrected chi connectivity index (χ1v) is 7.85. The number of benzene rings is 1. The summed E-state index contributed by atoms with van der Waals surface area (Å²) >= 11 is 0. The Bertz CT molecular complexity index is 661. The molecule has 1 amide bonds. The Morgan fingerprint density at radius 3 is 3.18 bits per heavy atom. The molecule has 6 nitrogen and oxygen atoms in total. The molecule has 0 bridgehead atoms. The first-order valence-electron chi connectivity index (χ1n) is 7.85. The lowest BCUT2D eigenvalue weighted by Gasteiger charge is -2.11. The summed E-state index contributed by atoms with van der Waals surface area (Å²) in [5, 5.41) is 2.85. The summed E-state index contributed by atoms with van der Waals surface area (Å²) in [5.74, 6) is 0.707. The molecule has 0 saturated carbocycles. The first kappa shape index (κ1) is 15.0. The Morgan fingerprint density at radius 1 is 1.59 bits per heavy atom. The molecule has 2 unspecified atom stereocenters. The molecule has 6 heteroatoms.